The number of rotatable bonds is 12. The van der Waals surface area contributed by atoms with Gasteiger partial charge in [-0.3, -0.25) is 0 Å². The van der Waals surface area contributed by atoms with Crippen LogP contribution >= 0.6 is 0 Å². The van der Waals surface area contributed by atoms with Crippen molar-refractivity contribution in [3.8, 4) is 11.5 Å². The van der Waals surface area contributed by atoms with Gasteiger partial charge in [0, 0.05) is 0 Å². The van der Waals surface area contributed by atoms with E-state index in [9.17, 15) is 15.0 Å². The molecule has 0 amide bonds. The molecule has 3 aromatic rings. The lowest BCUT2D eigenvalue weighted by atomic mass is 9.80. The van der Waals surface area contributed by atoms with Gasteiger partial charge in [-0.25, -0.2) is 4.79 Å². The van der Waals surface area contributed by atoms with Gasteiger partial charge in [-0.2, -0.15) is 0 Å². The second-order valence-corrected chi connectivity index (χ2v) is 8.37. The highest BCUT2D eigenvalue weighted by atomic mass is 16.5. The minimum Gasteiger partial charge on any atom is -0.493 e. The molecule has 0 spiro atoms. The van der Waals surface area contributed by atoms with Crippen LogP contribution in [0.25, 0.3) is 0 Å². The molecule has 0 fully saturated rings. The summed E-state index contributed by atoms with van der Waals surface area (Å²) in [5.74, 6) is -0.123. The van der Waals surface area contributed by atoms with Crippen LogP contribution in [0.1, 0.15) is 41.7 Å². The highest BCUT2D eigenvalue weighted by Crippen LogP contribution is 2.38. The molecule has 6 heteroatoms. The molecule has 0 saturated carbocycles. The molecular formula is C29H34O6. The first-order valence-electron chi connectivity index (χ1n) is 11.8. The second-order valence-electron chi connectivity index (χ2n) is 8.37. The van der Waals surface area contributed by atoms with E-state index in [1.807, 2.05) is 66.7 Å². The molecule has 0 saturated heterocycles. The molecule has 1 unspecified atom stereocenters. The largest absolute Gasteiger partial charge is 0.493 e. The smallest absolute Gasteiger partial charge is 0.336 e. The fraction of sp³-hybridized carbons (Fsp3) is 0.345. The van der Waals surface area contributed by atoms with Crippen molar-refractivity contribution in [2.75, 3.05) is 20.8 Å². The Morgan fingerprint density at radius 1 is 0.800 bits per heavy atom. The molecule has 3 rings (SSSR count). The van der Waals surface area contributed by atoms with E-state index in [2.05, 4.69) is 13.8 Å². The van der Waals surface area contributed by atoms with Gasteiger partial charge in [0.2, 0.25) is 0 Å². The molecule has 0 radical (unpaired) electrons. The lowest BCUT2D eigenvalue weighted by molar-refractivity contribution is -0.167. The van der Waals surface area contributed by atoms with Crippen LogP contribution in [0, 0.1) is 0 Å². The summed E-state index contributed by atoms with van der Waals surface area (Å²) < 4.78 is 17.1. The van der Waals surface area contributed by atoms with Crippen LogP contribution in [0.3, 0.4) is 0 Å². The van der Waals surface area contributed by atoms with Crippen LogP contribution in [-0.4, -0.2) is 43.1 Å². The predicted molar refractivity (Wildman–Crippen MR) is 135 cm³/mol. The van der Waals surface area contributed by atoms with E-state index in [-0.39, 0.29) is 6.61 Å². The monoisotopic (exact) mass is 478 g/mol. The first kappa shape index (κ1) is 26.3. The van der Waals surface area contributed by atoms with E-state index < -0.39 is 17.7 Å². The van der Waals surface area contributed by atoms with Crippen molar-refractivity contribution >= 4 is 5.97 Å². The standard InChI is InChI=1S/C29H34O6/c1-5-20-7-12-23(13-8-20)29(27(30)28(31)32,24-14-9-21(6-2)10-15-24)35-18-17-22-11-16-25(33-3)26(19-22)34-4/h7-16,19,27,30H,5-6,17-18H2,1-4H3,(H,31,32). The van der Waals surface area contributed by atoms with E-state index in [1.54, 1.807) is 14.2 Å². The average molecular weight is 479 g/mol. The van der Waals surface area contributed by atoms with Gasteiger partial charge in [-0.15, -0.1) is 0 Å². The Balaban J connectivity index is 2.03. The molecule has 1 atom stereocenters. The van der Waals surface area contributed by atoms with Gasteiger partial charge in [0.05, 0.1) is 20.8 Å². The molecule has 0 aliphatic carbocycles. The normalized spacial score (nSPS) is 12.3. The number of aliphatic carboxylic acids is 1. The summed E-state index contributed by atoms with van der Waals surface area (Å²) in [5, 5.41) is 21.0. The van der Waals surface area contributed by atoms with Crippen molar-refractivity contribution in [1.29, 1.82) is 0 Å². The molecule has 0 heterocycles. The average Bonchev–Trinajstić information content (AvgIpc) is 2.90. The van der Waals surface area contributed by atoms with E-state index in [1.165, 1.54) is 0 Å². The molecule has 0 aliphatic heterocycles. The Morgan fingerprint density at radius 3 is 1.71 bits per heavy atom. The van der Waals surface area contributed by atoms with Gasteiger partial charge < -0.3 is 24.4 Å². The third-order valence-corrected chi connectivity index (χ3v) is 6.37. The third-order valence-electron chi connectivity index (χ3n) is 6.37. The molecule has 6 nitrogen and oxygen atoms in total. The number of carbonyl (C=O) groups is 1. The van der Waals surface area contributed by atoms with Crippen molar-refractivity contribution in [2.24, 2.45) is 0 Å². The van der Waals surface area contributed by atoms with Gasteiger partial charge in [0.25, 0.3) is 0 Å². The molecule has 0 aromatic heterocycles. The molecule has 3 aromatic carbocycles. The first-order valence-corrected chi connectivity index (χ1v) is 11.8. The highest BCUT2D eigenvalue weighted by Gasteiger charge is 2.47. The summed E-state index contributed by atoms with van der Waals surface area (Å²) in [6.45, 7) is 4.28. The van der Waals surface area contributed by atoms with Crippen LogP contribution in [0.15, 0.2) is 66.7 Å². The van der Waals surface area contributed by atoms with Gasteiger partial charge in [-0.05, 0) is 59.2 Å². The minimum absolute atomic E-state index is 0.172. The van der Waals surface area contributed by atoms with E-state index in [0.717, 1.165) is 29.5 Å². The summed E-state index contributed by atoms with van der Waals surface area (Å²) in [4.78, 5) is 12.2. The molecule has 0 bridgehead atoms. The Kier molecular flexibility index (Phi) is 8.90. The van der Waals surface area contributed by atoms with Crippen molar-refractivity contribution in [3.63, 3.8) is 0 Å². The summed E-state index contributed by atoms with van der Waals surface area (Å²) in [5.41, 5.74) is 2.74. The summed E-state index contributed by atoms with van der Waals surface area (Å²) in [6, 6.07) is 20.7. The molecule has 0 aliphatic rings. The van der Waals surface area contributed by atoms with Gasteiger partial charge >= 0.3 is 5.97 Å². The Labute approximate surface area is 207 Å². The molecule has 35 heavy (non-hydrogen) atoms. The van der Waals surface area contributed by atoms with Crippen molar-refractivity contribution in [1.82, 2.24) is 0 Å². The number of hydrogen-bond donors (Lipinski definition) is 2. The highest BCUT2D eigenvalue weighted by molar-refractivity contribution is 5.75. The third kappa shape index (κ3) is 5.66. The minimum atomic E-state index is -1.81. The zero-order valence-corrected chi connectivity index (χ0v) is 20.8. The van der Waals surface area contributed by atoms with Gasteiger partial charge in [-0.1, -0.05) is 68.4 Å². The van der Waals surface area contributed by atoms with E-state index in [0.29, 0.717) is 29.0 Å². The maximum atomic E-state index is 12.2. The number of carboxylic acid groups (broad SMARTS) is 1. The van der Waals surface area contributed by atoms with Crippen LogP contribution in [-0.2, 0) is 34.4 Å². The number of methoxy groups -OCH3 is 2. The number of aryl methyl sites for hydroxylation is 2. The number of ether oxygens (including phenoxy) is 3. The van der Waals surface area contributed by atoms with Crippen LogP contribution in [0.4, 0.5) is 0 Å². The Morgan fingerprint density at radius 2 is 1.29 bits per heavy atom. The summed E-state index contributed by atoms with van der Waals surface area (Å²) >= 11 is 0. The lowest BCUT2D eigenvalue weighted by Crippen LogP contribution is -2.48. The fourth-order valence-electron chi connectivity index (χ4n) is 4.24. The molecule has 2 N–H and O–H groups in total. The van der Waals surface area contributed by atoms with Crippen molar-refractivity contribution < 1.29 is 29.2 Å². The maximum Gasteiger partial charge on any atom is 0.336 e. The second kappa shape index (κ2) is 11.9. The number of benzene rings is 3. The summed E-state index contributed by atoms with van der Waals surface area (Å²) in [6.07, 6.45) is 0.363. The van der Waals surface area contributed by atoms with Crippen LogP contribution in [0.2, 0.25) is 0 Å². The number of carboxylic acids is 1. The SMILES string of the molecule is CCc1ccc(C(OCCc2ccc(OC)c(OC)c2)(c2ccc(CC)cc2)C(O)C(=O)O)cc1. The van der Waals surface area contributed by atoms with Crippen LogP contribution < -0.4 is 9.47 Å². The molecular weight excluding hydrogens is 444 g/mol. The quantitative estimate of drug-likeness (QED) is 0.390. The van der Waals surface area contributed by atoms with E-state index >= 15 is 0 Å². The topological polar surface area (TPSA) is 85.2 Å². The predicted octanol–water partition coefficient (Wildman–Crippen LogP) is 4.78. The Bertz CT molecular complexity index is 1060. The molecule has 186 valence electrons. The number of hydrogen-bond acceptors (Lipinski definition) is 5. The zero-order valence-electron chi connectivity index (χ0n) is 20.8. The number of aliphatic hydroxyl groups is 1. The lowest BCUT2D eigenvalue weighted by Gasteiger charge is -2.37. The van der Waals surface area contributed by atoms with Crippen molar-refractivity contribution in [2.45, 2.75) is 44.8 Å². The fourth-order valence-corrected chi connectivity index (χ4v) is 4.24. The van der Waals surface area contributed by atoms with Gasteiger partial charge in [0.1, 0.15) is 0 Å². The Hall–Kier alpha value is -3.35. The van der Waals surface area contributed by atoms with Crippen molar-refractivity contribution in [3.05, 3.63) is 94.5 Å². The van der Waals surface area contributed by atoms with Crippen LogP contribution in [0.5, 0.6) is 11.5 Å². The first-order chi connectivity index (χ1) is 16.9. The number of aliphatic hydroxyl groups excluding tert-OH is 1. The maximum absolute atomic E-state index is 12.2. The summed E-state index contributed by atoms with van der Waals surface area (Å²) in [7, 11) is 3.15. The van der Waals surface area contributed by atoms with Gasteiger partial charge in [0.15, 0.2) is 23.2 Å². The zero-order chi connectivity index (χ0) is 25.4. The van der Waals surface area contributed by atoms with E-state index in [4.69, 9.17) is 14.2 Å².